The fraction of sp³-hybridized carbons (Fsp3) is 0.0455. The van der Waals surface area contributed by atoms with Crippen molar-refractivity contribution in [1.82, 2.24) is 9.29 Å². The number of anilines is 1. The van der Waals surface area contributed by atoms with Crippen molar-refractivity contribution in [3.63, 3.8) is 0 Å². The molecule has 0 atom stereocenters. The molecule has 0 saturated carbocycles. The van der Waals surface area contributed by atoms with Gasteiger partial charge in [0.15, 0.2) is 5.11 Å². The first-order valence-corrected chi connectivity index (χ1v) is 10.9. The minimum atomic E-state index is -3.64. The van der Waals surface area contributed by atoms with Crippen molar-refractivity contribution in [2.75, 3.05) is 5.32 Å². The minimum Gasteiger partial charge on any atom is -0.358 e. The van der Waals surface area contributed by atoms with Gasteiger partial charge in [-0.15, -0.1) is 0 Å². The molecule has 0 aliphatic rings. The van der Waals surface area contributed by atoms with Gasteiger partial charge in [0.1, 0.15) is 0 Å². The second-order valence-corrected chi connectivity index (χ2v) is 8.72. The number of aromatic nitrogens is 1. The summed E-state index contributed by atoms with van der Waals surface area (Å²) in [6.07, 6.45) is 1.57. The van der Waals surface area contributed by atoms with Crippen LogP contribution in [0.25, 0.3) is 10.9 Å². The van der Waals surface area contributed by atoms with Gasteiger partial charge in [-0.3, -0.25) is 0 Å². The molecule has 0 radical (unpaired) electrons. The Bertz CT molecular complexity index is 1250. The van der Waals surface area contributed by atoms with Crippen LogP contribution >= 0.6 is 12.2 Å². The average Bonchev–Trinajstić information content (AvgIpc) is 3.18. The minimum absolute atomic E-state index is 0.256. The summed E-state index contributed by atoms with van der Waals surface area (Å²) in [4.78, 5) is 0.256. The van der Waals surface area contributed by atoms with Gasteiger partial charge >= 0.3 is 0 Å². The van der Waals surface area contributed by atoms with Crippen LogP contribution in [-0.2, 0) is 16.6 Å². The van der Waals surface area contributed by atoms with Crippen molar-refractivity contribution >= 4 is 43.9 Å². The maximum absolute atomic E-state index is 12.9. The Morgan fingerprint density at radius 2 is 1.59 bits per heavy atom. The molecule has 1 aromatic heterocycles. The Morgan fingerprint density at radius 1 is 0.897 bits per heavy atom. The first-order chi connectivity index (χ1) is 14.0. The molecule has 0 fully saturated rings. The third-order valence-corrected chi connectivity index (χ3v) is 6.46. The summed E-state index contributed by atoms with van der Waals surface area (Å²) in [6.45, 7) is 0.626. The number of nitrogens with zero attached hydrogens (tertiary/aromatic N) is 1. The first-order valence-electron chi connectivity index (χ1n) is 9.04. The molecule has 29 heavy (non-hydrogen) atoms. The first kappa shape index (κ1) is 19.2. The highest BCUT2D eigenvalue weighted by Crippen LogP contribution is 2.24. The maximum Gasteiger partial charge on any atom is 0.268 e. The highest BCUT2D eigenvalue weighted by molar-refractivity contribution is 7.90. The summed E-state index contributed by atoms with van der Waals surface area (Å²) in [5.41, 5.74) is 2.54. The van der Waals surface area contributed by atoms with Crippen molar-refractivity contribution < 1.29 is 8.42 Å². The van der Waals surface area contributed by atoms with Crippen LogP contribution in [-0.4, -0.2) is 17.5 Å². The normalized spacial score (nSPS) is 11.3. The summed E-state index contributed by atoms with van der Waals surface area (Å²) >= 11 is 5.36. The lowest BCUT2D eigenvalue weighted by Crippen LogP contribution is -2.27. The molecule has 0 aliphatic heterocycles. The molecule has 146 valence electrons. The molecule has 0 spiro atoms. The smallest absolute Gasteiger partial charge is 0.268 e. The van der Waals surface area contributed by atoms with Gasteiger partial charge in [0, 0.05) is 23.8 Å². The molecule has 0 unspecified atom stereocenters. The van der Waals surface area contributed by atoms with Crippen molar-refractivity contribution in [1.29, 1.82) is 0 Å². The number of thiocarbonyl (C=S) groups is 1. The van der Waals surface area contributed by atoms with E-state index in [1.165, 1.54) is 3.97 Å². The molecule has 5 nitrogen and oxygen atoms in total. The SMILES string of the molecule is O=S(=O)(c1ccccc1)n1ccc2cc(NC(=S)NCc3ccccc3)ccc21. The highest BCUT2D eigenvalue weighted by atomic mass is 32.2. The molecule has 3 aromatic carbocycles. The van der Waals surface area contributed by atoms with Gasteiger partial charge < -0.3 is 10.6 Å². The van der Waals surface area contributed by atoms with E-state index in [9.17, 15) is 8.42 Å². The standard InChI is InChI=1S/C22H19N3O2S2/c26-29(27,20-9-5-2-6-10-20)25-14-13-18-15-19(11-12-21(18)25)24-22(28)23-16-17-7-3-1-4-8-17/h1-15H,16H2,(H2,23,24,28). The predicted molar refractivity (Wildman–Crippen MR) is 120 cm³/mol. The third kappa shape index (κ3) is 4.16. The third-order valence-electron chi connectivity index (χ3n) is 4.51. The summed E-state index contributed by atoms with van der Waals surface area (Å²) in [5.74, 6) is 0. The van der Waals surface area contributed by atoms with Crippen molar-refractivity contribution in [2.45, 2.75) is 11.4 Å². The van der Waals surface area contributed by atoms with Gasteiger partial charge in [-0.25, -0.2) is 12.4 Å². The predicted octanol–water partition coefficient (Wildman–Crippen LogP) is 4.36. The number of nitrogens with one attached hydrogen (secondary N) is 2. The molecule has 0 aliphatic carbocycles. The van der Waals surface area contributed by atoms with Gasteiger partial charge in [-0.05, 0) is 54.2 Å². The van der Waals surface area contributed by atoms with Crippen LogP contribution in [0, 0.1) is 0 Å². The topological polar surface area (TPSA) is 63.1 Å². The Balaban J connectivity index is 1.52. The Morgan fingerprint density at radius 3 is 2.31 bits per heavy atom. The molecular formula is C22H19N3O2S2. The summed E-state index contributed by atoms with van der Waals surface area (Å²) in [5, 5.41) is 7.62. The molecule has 7 heteroatoms. The second-order valence-electron chi connectivity index (χ2n) is 6.50. The Hall–Kier alpha value is -3.16. The zero-order chi connectivity index (χ0) is 20.3. The van der Waals surface area contributed by atoms with Crippen LogP contribution in [0.1, 0.15) is 5.56 Å². The van der Waals surface area contributed by atoms with Crippen LogP contribution in [0.4, 0.5) is 5.69 Å². The average molecular weight is 422 g/mol. The number of benzene rings is 3. The van der Waals surface area contributed by atoms with E-state index >= 15 is 0 Å². The quantitative estimate of drug-likeness (QED) is 0.469. The number of hydrogen-bond donors (Lipinski definition) is 2. The van der Waals surface area contributed by atoms with Gasteiger partial charge in [-0.2, -0.15) is 0 Å². The number of fused-ring (bicyclic) bond motifs is 1. The molecule has 0 amide bonds. The highest BCUT2D eigenvalue weighted by Gasteiger charge is 2.18. The van der Waals surface area contributed by atoms with Crippen LogP contribution in [0.2, 0.25) is 0 Å². The van der Waals surface area contributed by atoms with Gasteiger partial charge in [0.2, 0.25) is 0 Å². The largest absolute Gasteiger partial charge is 0.358 e. The fourth-order valence-electron chi connectivity index (χ4n) is 3.06. The van der Waals surface area contributed by atoms with Crippen molar-refractivity contribution in [3.8, 4) is 0 Å². The van der Waals surface area contributed by atoms with E-state index in [-0.39, 0.29) is 4.90 Å². The number of rotatable bonds is 5. The second kappa shape index (κ2) is 8.06. The summed E-state index contributed by atoms with van der Waals surface area (Å²) in [7, 11) is -3.64. The lowest BCUT2D eigenvalue weighted by molar-refractivity contribution is 0.589. The lowest BCUT2D eigenvalue weighted by Gasteiger charge is -2.11. The van der Waals surface area contributed by atoms with Crippen molar-refractivity contribution in [2.24, 2.45) is 0 Å². The Labute approximate surface area is 175 Å². The van der Waals surface area contributed by atoms with E-state index in [2.05, 4.69) is 10.6 Å². The van der Waals surface area contributed by atoms with Gasteiger partial charge in [0.05, 0.1) is 10.4 Å². The zero-order valence-electron chi connectivity index (χ0n) is 15.4. The maximum atomic E-state index is 12.9. The van der Waals surface area contributed by atoms with Crippen LogP contribution in [0.15, 0.2) is 96.0 Å². The molecule has 2 N–H and O–H groups in total. The zero-order valence-corrected chi connectivity index (χ0v) is 17.1. The summed E-state index contributed by atoms with van der Waals surface area (Å²) in [6, 6.07) is 25.6. The van der Waals surface area contributed by atoms with E-state index < -0.39 is 10.0 Å². The van der Waals surface area contributed by atoms with E-state index in [0.29, 0.717) is 17.2 Å². The fourth-order valence-corrected chi connectivity index (χ4v) is 4.63. The lowest BCUT2D eigenvalue weighted by atomic mass is 10.2. The Kier molecular flexibility index (Phi) is 5.33. The molecule has 1 heterocycles. The summed E-state index contributed by atoms with van der Waals surface area (Å²) < 4.78 is 27.1. The van der Waals surface area contributed by atoms with Crippen LogP contribution < -0.4 is 10.6 Å². The molecule has 4 aromatic rings. The molecule has 0 bridgehead atoms. The number of hydrogen-bond acceptors (Lipinski definition) is 3. The van der Waals surface area contributed by atoms with E-state index in [1.54, 1.807) is 48.7 Å². The van der Waals surface area contributed by atoms with Gasteiger partial charge in [0.25, 0.3) is 10.0 Å². The van der Waals surface area contributed by atoms with Crippen LogP contribution in [0.3, 0.4) is 0 Å². The van der Waals surface area contributed by atoms with Gasteiger partial charge in [-0.1, -0.05) is 48.5 Å². The molecule has 4 rings (SSSR count). The van der Waals surface area contributed by atoms with E-state index in [4.69, 9.17) is 12.2 Å². The molecular weight excluding hydrogens is 402 g/mol. The van der Waals surface area contributed by atoms with Crippen LogP contribution in [0.5, 0.6) is 0 Å². The van der Waals surface area contributed by atoms with Crippen molar-refractivity contribution in [3.05, 3.63) is 96.7 Å². The molecule has 0 saturated heterocycles. The monoisotopic (exact) mass is 421 g/mol. The van der Waals surface area contributed by atoms with E-state index in [0.717, 1.165) is 16.6 Å². The van der Waals surface area contributed by atoms with E-state index in [1.807, 2.05) is 42.5 Å².